The van der Waals surface area contributed by atoms with Gasteiger partial charge in [-0.3, -0.25) is 0 Å². The second-order valence-electron chi connectivity index (χ2n) is 3.91. The molecule has 0 bridgehead atoms. The first-order chi connectivity index (χ1) is 7.25. The molecule has 1 aromatic rings. The quantitative estimate of drug-likeness (QED) is 0.693. The zero-order valence-electron chi connectivity index (χ0n) is 8.81. The second kappa shape index (κ2) is 4.49. The molecule has 0 spiro atoms. The lowest BCUT2D eigenvalue weighted by Crippen LogP contribution is -2.38. The number of rotatable bonds is 2. The van der Waals surface area contributed by atoms with Crippen molar-refractivity contribution >= 4 is 5.97 Å². The average molecular weight is 209 g/mol. The Morgan fingerprint density at radius 3 is 3.20 bits per heavy atom. The van der Waals surface area contributed by atoms with E-state index < -0.39 is 0 Å². The van der Waals surface area contributed by atoms with E-state index in [1.54, 1.807) is 12.1 Å². The molecule has 0 unspecified atom stereocenters. The molecule has 0 N–H and O–H groups in total. The summed E-state index contributed by atoms with van der Waals surface area (Å²) in [4.78, 5) is 13.7. The number of carbonyl (C=O) groups is 1. The molecule has 1 atom stereocenters. The Morgan fingerprint density at radius 1 is 1.67 bits per heavy atom. The molecule has 1 saturated heterocycles. The highest BCUT2D eigenvalue weighted by atomic mass is 16.6. The van der Waals surface area contributed by atoms with Crippen molar-refractivity contribution < 1.29 is 13.9 Å². The van der Waals surface area contributed by atoms with E-state index in [-0.39, 0.29) is 17.8 Å². The zero-order chi connectivity index (χ0) is 10.7. The van der Waals surface area contributed by atoms with Crippen molar-refractivity contribution in [2.75, 3.05) is 20.1 Å². The number of likely N-dealkylation sites (tertiary alicyclic amines) is 1. The molecule has 4 heteroatoms. The number of esters is 1. The Balaban J connectivity index is 1.89. The van der Waals surface area contributed by atoms with Crippen LogP contribution in [-0.4, -0.2) is 37.1 Å². The monoisotopic (exact) mass is 209 g/mol. The van der Waals surface area contributed by atoms with Crippen LogP contribution in [0.3, 0.4) is 0 Å². The van der Waals surface area contributed by atoms with E-state index in [0.717, 1.165) is 25.9 Å². The largest absolute Gasteiger partial charge is 0.457 e. The molecule has 1 fully saturated rings. The van der Waals surface area contributed by atoms with Gasteiger partial charge in [-0.05, 0) is 38.6 Å². The summed E-state index contributed by atoms with van der Waals surface area (Å²) in [6.07, 6.45) is 3.49. The number of hydrogen-bond donors (Lipinski definition) is 0. The summed E-state index contributed by atoms with van der Waals surface area (Å²) < 4.78 is 10.3. The van der Waals surface area contributed by atoms with Crippen LogP contribution in [0, 0.1) is 0 Å². The van der Waals surface area contributed by atoms with Gasteiger partial charge < -0.3 is 14.1 Å². The Hall–Kier alpha value is -1.29. The van der Waals surface area contributed by atoms with E-state index in [4.69, 9.17) is 9.15 Å². The highest BCUT2D eigenvalue weighted by Gasteiger charge is 2.22. The van der Waals surface area contributed by atoms with Gasteiger partial charge in [0.05, 0.1) is 6.26 Å². The number of likely N-dealkylation sites (N-methyl/N-ethyl adjacent to an activating group) is 1. The summed E-state index contributed by atoms with van der Waals surface area (Å²) in [7, 11) is 2.03. The van der Waals surface area contributed by atoms with Gasteiger partial charge in [-0.2, -0.15) is 0 Å². The molecule has 0 amide bonds. The average Bonchev–Trinajstić information content (AvgIpc) is 2.70. The van der Waals surface area contributed by atoms with Gasteiger partial charge >= 0.3 is 5.97 Å². The third-order valence-corrected chi connectivity index (χ3v) is 2.58. The van der Waals surface area contributed by atoms with E-state index in [2.05, 4.69) is 4.90 Å². The van der Waals surface area contributed by atoms with Gasteiger partial charge in [0.15, 0.2) is 0 Å². The van der Waals surface area contributed by atoms with Crippen LogP contribution in [0.2, 0.25) is 0 Å². The lowest BCUT2D eigenvalue weighted by Gasteiger charge is -2.28. The highest BCUT2D eigenvalue weighted by Crippen LogP contribution is 2.14. The second-order valence-corrected chi connectivity index (χ2v) is 3.91. The number of hydrogen-bond acceptors (Lipinski definition) is 4. The maximum absolute atomic E-state index is 11.5. The Bertz CT molecular complexity index is 321. The van der Waals surface area contributed by atoms with E-state index >= 15 is 0 Å². The minimum Gasteiger partial charge on any atom is -0.457 e. The molecule has 1 aromatic heterocycles. The fraction of sp³-hybridized carbons (Fsp3) is 0.545. The van der Waals surface area contributed by atoms with E-state index in [1.165, 1.54) is 6.26 Å². The summed E-state index contributed by atoms with van der Waals surface area (Å²) in [5.74, 6) is -0.0801. The number of ether oxygens (including phenoxy) is 1. The molecule has 82 valence electrons. The first kappa shape index (κ1) is 10.2. The number of furan rings is 1. The lowest BCUT2D eigenvalue weighted by molar-refractivity contribution is 0.00777. The van der Waals surface area contributed by atoms with Crippen LogP contribution in [0.5, 0.6) is 0 Å². The third-order valence-electron chi connectivity index (χ3n) is 2.58. The molecule has 4 nitrogen and oxygen atoms in total. The zero-order valence-corrected chi connectivity index (χ0v) is 8.81. The van der Waals surface area contributed by atoms with Crippen LogP contribution in [0.15, 0.2) is 22.8 Å². The minimum absolute atomic E-state index is 0.00125. The number of piperidine rings is 1. The van der Waals surface area contributed by atoms with Gasteiger partial charge in [-0.25, -0.2) is 4.79 Å². The van der Waals surface area contributed by atoms with Crippen LogP contribution < -0.4 is 0 Å². The fourth-order valence-electron chi connectivity index (χ4n) is 1.82. The van der Waals surface area contributed by atoms with Crippen LogP contribution in [0.25, 0.3) is 0 Å². The Labute approximate surface area is 88.8 Å². The lowest BCUT2D eigenvalue weighted by atomic mass is 10.1. The normalized spacial score (nSPS) is 22.6. The molecule has 0 aliphatic carbocycles. The Morgan fingerprint density at radius 2 is 2.53 bits per heavy atom. The molecular weight excluding hydrogens is 194 g/mol. The molecular formula is C11H15NO3. The molecule has 2 rings (SSSR count). The predicted octanol–water partition coefficient (Wildman–Crippen LogP) is 1.53. The van der Waals surface area contributed by atoms with Gasteiger partial charge in [0.2, 0.25) is 5.76 Å². The highest BCUT2D eigenvalue weighted by molar-refractivity contribution is 5.86. The fourth-order valence-corrected chi connectivity index (χ4v) is 1.82. The van der Waals surface area contributed by atoms with Crippen LogP contribution in [0.4, 0.5) is 0 Å². The van der Waals surface area contributed by atoms with Crippen molar-refractivity contribution in [2.45, 2.75) is 18.9 Å². The van der Waals surface area contributed by atoms with Crippen molar-refractivity contribution in [2.24, 2.45) is 0 Å². The van der Waals surface area contributed by atoms with Crippen molar-refractivity contribution in [3.8, 4) is 0 Å². The SMILES string of the molecule is CN1CCC[C@H](OC(=O)c2ccco2)C1. The Kier molecular flexibility index (Phi) is 3.06. The molecule has 1 aliphatic heterocycles. The molecule has 0 saturated carbocycles. The van der Waals surface area contributed by atoms with Gasteiger partial charge in [-0.15, -0.1) is 0 Å². The summed E-state index contributed by atoms with van der Waals surface area (Å²) >= 11 is 0. The molecule has 0 radical (unpaired) electrons. The summed E-state index contributed by atoms with van der Waals surface area (Å²) in [5, 5.41) is 0. The van der Waals surface area contributed by atoms with Gasteiger partial charge in [-0.1, -0.05) is 0 Å². The maximum Gasteiger partial charge on any atom is 0.374 e. The van der Waals surface area contributed by atoms with Crippen molar-refractivity contribution in [3.63, 3.8) is 0 Å². The third kappa shape index (κ3) is 2.59. The summed E-state index contributed by atoms with van der Waals surface area (Å²) in [6, 6.07) is 3.30. The maximum atomic E-state index is 11.5. The first-order valence-corrected chi connectivity index (χ1v) is 5.19. The minimum atomic E-state index is -0.361. The summed E-state index contributed by atoms with van der Waals surface area (Å²) in [6.45, 7) is 1.89. The van der Waals surface area contributed by atoms with Gasteiger partial charge in [0.25, 0.3) is 0 Å². The molecule has 0 aromatic carbocycles. The standard InChI is InChI=1S/C11H15NO3/c1-12-6-2-4-9(8-12)15-11(13)10-5-3-7-14-10/h3,5,7,9H,2,4,6,8H2,1H3/t9-/m0/s1. The first-order valence-electron chi connectivity index (χ1n) is 5.19. The van der Waals surface area contributed by atoms with Crippen molar-refractivity contribution in [1.82, 2.24) is 4.90 Å². The smallest absolute Gasteiger partial charge is 0.374 e. The van der Waals surface area contributed by atoms with Crippen LogP contribution in [0.1, 0.15) is 23.4 Å². The molecule has 1 aliphatic rings. The topological polar surface area (TPSA) is 42.7 Å². The van der Waals surface area contributed by atoms with Gasteiger partial charge in [0.1, 0.15) is 6.10 Å². The van der Waals surface area contributed by atoms with Crippen molar-refractivity contribution in [3.05, 3.63) is 24.2 Å². The molecule has 15 heavy (non-hydrogen) atoms. The van der Waals surface area contributed by atoms with E-state index in [9.17, 15) is 4.79 Å². The van der Waals surface area contributed by atoms with Crippen molar-refractivity contribution in [1.29, 1.82) is 0 Å². The number of nitrogens with zero attached hydrogens (tertiary/aromatic N) is 1. The number of carbonyl (C=O) groups excluding carboxylic acids is 1. The van der Waals surface area contributed by atoms with Crippen LogP contribution in [-0.2, 0) is 4.74 Å². The summed E-state index contributed by atoms with van der Waals surface area (Å²) in [5.41, 5.74) is 0. The van der Waals surface area contributed by atoms with E-state index in [0.29, 0.717) is 0 Å². The molecule has 2 heterocycles. The van der Waals surface area contributed by atoms with Gasteiger partial charge in [0, 0.05) is 6.54 Å². The van der Waals surface area contributed by atoms with E-state index in [1.807, 2.05) is 7.05 Å². The predicted molar refractivity (Wildman–Crippen MR) is 54.6 cm³/mol. The van der Waals surface area contributed by atoms with Crippen LogP contribution >= 0.6 is 0 Å².